The van der Waals surface area contributed by atoms with Crippen molar-refractivity contribution < 1.29 is 29.1 Å². The molecule has 2 aromatic carbocycles. The summed E-state index contributed by atoms with van der Waals surface area (Å²) in [5.41, 5.74) is 9.69. The molecule has 5 N–H and O–H groups in total. The molecule has 4 amide bonds. The summed E-state index contributed by atoms with van der Waals surface area (Å²) < 4.78 is 0. The molecule has 15 heteroatoms. The van der Waals surface area contributed by atoms with E-state index in [0.717, 1.165) is 102 Å². The quantitative estimate of drug-likeness (QED) is 0.0642. The Bertz CT molecular complexity index is 2490. The fourth-order valence-corrected chi connectivity index (χ4v) is 11.4. The first-order chi connectivity index (χ1) is 34.4. The Hall–Kier alpha value is -6.19. The van der Waals surface area contributed by atoms with Gasteiger partial charge in [0.2, 0.25) is 0 Å². The first-order valence-corrected chi connectivity index (χ1v) is 26.3. The summed E-state index contributed by atoms with van der Waals surface area (Å²) in [4.78, 5) is 89.2. The van der Waals surface area contributed by atoms with Gasteiger partial charge >= 0.3 is 5.97 Å². The van der Waals surface area contributed by atoms with Crippen LogP contribution < -0.4 is 16.4 Å². The lowest BCUT2D eigenvalue weighted by Gasteiger charge is -2.32. The van der Waals surface area contributed by atoms with Crippen LogP contribution in [0.1, 0.15) is 156 Å². The number of carbonyl (C=O) groups is 5. The van der Waals surface area contributed by atoms with Gasteiger partial charge in [0.15, 0.2) is 0 Å². The Morgan fingerprint density at radius 3 is 2.03 bits per heavy atom. The minimum Gasteiger partial charge on any atom is -0.480 e. The fourth-order valence-electron chi connectivity index (χ4n) is 11.4. The number of nitrogens with zero attached hydrogens (tertiary/aromatic N) is 6. The van der Waals surface area contributed by atoms with E-state index >= 15 is 0 Å². The maximum Gasteiger partial charge on any atom is 0.326 e. The number of anilines is 1. The highest BCUT2D eigenvalue weighted by Crippen LogP contribution is 2.31. The van der Waals surface area contributed by atoms with E-state index in [1.165, 1.54) is 6.07 Å². The van der Waals surface area contributed by atoms with Gasteiger partial charge in [0.1, 0.15) is 28.8 Å². The number of nitrogens with two attached hydrogens (primary N) is 1. The Kier molecular flexibility index (Phi) is 17.5. The lowest BCUT2D eigenvalue weighted by Crippen LogP contribution is -2.47. The molecule has 5 heterocycles. The van der Waals surface area contributed by atoms with Crippen molar-refractivity contribution in [2.75, 3.05) is 64.6 Å². The van der Waals surface area contributed by atoms with E-state index < -0.39 is 23.8 Å². The monoisotopic (exact) mass is 968 g/mol. The zero-order valence-electron chi connectivity index (χ0n) is 41.7. The highest BCUT2D eigenvalue weighted by molar-refractivity contribution is 6.01. The molecule has 1 saturated carbocycles. The molecular formula is C56H73N9O6. The van der Waals surface area contributed by atoms with E-state index in [0.29, 0.717) is 62.1 Å². The summed E-state index contributed by atoms with van der Waals surface area (Å²) in [5, 5.41) is 16.3. The van der Waals surface area contributed by atoms with Crippen LogP contribution in [0.5, 0.6) is 0 Å². The third-order valence-electron chi connectivity index (χ3n) is 15.1. The summed E-state index contributed by atoms with van der Waals surface area (Å²) in [6, 6.07) is 22.9. The molecule has 0 bridgehead atoms. The molecule has 378 valence electrons. The van der Waals surface area contributed by atoms with Crippen molar-refractivity contribution in [3.63, 3.8) is 0 Å². The molecule has 4 unspecified atom stereocenters. The Labute approximate surface area is 419 Å². The fraction of sp³-hybridized carbons (Fsp3) is 0.518. The molecular weight excluding hydrogens is 895 g/mol. The van der Waals surface area contributed by atoms with Crippen molar-refractivity contribution in [2.24, 2.45) is 5.92 Å². The normalized spacial score (nSPS) is 19.0. The van der Waals surface area contributed by atoms with E-state index in [9.17, 15) is 29.1 Å². The molecule has 3 saturated heterocycles. The van der Waals surface area contributed by atoms with Gasteiger partial charge in [-0.2, -0.15) is 0 Å². The Morgan fingerprint density at radius 2 is 1.35 bits per heavy atom. The van der Waals surface area contributed by atoms with Crippen LogP contribution in [0.25, 0.3) is 11.1 Å². The molecule has 1 aliphatic carbocycles. The number of nitrogen functional groups attached to an aromatic ring is 1. The van der Waals surface area contributed by atoms with Crippen LogP contribution in [0, 0.1) is 5.92 Å². The van der Waals surface area contributed by atoms with E-state index in [-0.39, 0.29) is 65.1 Å². The van der Waals surface area contributed by atoms with Crippen molar-refractivity contribution in [2.45, 2.75) is 121 Å². The maximum atomic E-state index is 14.9. The smallest absolute Gasteiger partial charge is 0.326 e. The summed E-state index contributed by atoms with van der Waals surface area (Å²) in [5.74, 6) is -3.30. The molecule has 4 fully saturated rings. The van der Waals surface area contributed by atoms with Gasteiger partial charge in [0.25, 0.3) is 23.6 Å². The minimum atomic E-state index is -1.14. The van der Waals surface area contributed by atoms with Crippen LogP contribution >= 0.6 is 0 Å². The lowest BCUT2D eigenvalue weighted by atomic mass is 9.84. The van der Waals surface area contributed by atoms with Gasteiger partial charge in [-0.25, -0.2) is 14.8 Å². The predicted octanol–water partition coefficient (Wildman–Crippen LogP) is 7.48. The topological polar surface area (TPSA) is 194 Å². The van der Waals surface area contributed by atoms with E-state index in [2.05, 4.69) is 37.6 Å². The standard InChI is InChI=1S/C56H73N9O6/c1-3-25-64(38(2)36-62-26-10-11-27-62)54(68)49-34-42(32-47(59-49)52(66)58-24-23-46(39-16-6-4-7-17-39)41-20-14-21-44(57)31-41)43-33-48(53(67)61-51(56(70)71)40-18-8-5-9-19-40)60-50(35-43)55(69)65-30-15-22-45(65)37-63-28-12-13-29-63/h4,6-7,14,16-17,20-21,31-35,38,40,45-46,51H,3,5,8-13,15,18-19,22-30,36-37,57H2,1-2H3,(H,58,66)(H,61,67)(H,70,71). The van der Waals surface area contributed by atoms with Gasteiger partial charge in [-0.05, 0) is 162 Å². The summed E-state index contributed by atoms with van der Waals surface area (Å²) in [6.07, 6.45) is 11.6. The van der Waals surface area contributed by atoms with Gasteiger partial charge in [-0.3, -0.25) is 19.2 Å². The first kappa shape index (κ1) is 51.2. The highest BCUT2D eigenvalue weighted by Gasteiger charge is 2.35. The second-order valence-corrected chi connectivity index (χ2v) is 20.3. The van der Waals surface area contributed by atoms with E-state index in [1.807, 2.05) is 66.1 Å². The van der Waals surface area contributed by atoms with Crippen LogP contribution in [0.2, 0.25) is 0 Å². The van der Waals surface area contributed by atoms with Crippen LogP contribution in [0.15, 0.2) is 78.9 Å². The molecule has 4 atom stereocenters. The number of aliphatic carboxylic acids is 1. The largest absolute Gasteiger partial charge is 0.480 e. The maximum absolute atomic E-state index is 14.9. The molecule has 15 nitrogen and oxygen atoms in total. The molecule has 71 heavy (non-hydrogen) atoms. The van der Waals surface area contributed by atoms with Crippen LogP contribution in [0.3, 0.4) is 0 Å². The molecule has 0 radical (unpaired) electrons. The van der Waals surface area contributed by atoms with Gasteiger partial charge in [-0.15, -0.1) is 0 Å². The van der Waals surface area contributed by atoms with Crippen molar-refractivity contribution in [1.82, 2.24) is 40.2 Å². The molecule has 4 aromatic rings. The Morgan fingerprint density at radius 1 is 0.718 bits per heavy atom. The SMILES string of the molecule is CCCN(C(=O)c1cc(-c2cc(C(=O)NC(C(=O)O)C3CCCCC3)nc(C(=O)N3CCCC3CN3CCCC3)c2)cc(C(=O)NCCC(c2ccccc2)c2cccc(N)c2)n1)C(C)CN1CCCC1. The van der Waals surface area contributed by atoms with E-state index in [1.54, 1.807) is 18.2 Å². The number of pyridine rings is 2. The molecule has 8 rings (SSSR count). The first-order valence-electron chi connectivity index (χ1n) is 26.3. The Balaban J connectivity index is 1.17. The number of nitrogens with one attached hydrogen (secondary N) is 2. The van der Waals surface area contributed by atoms with Crippen LogP contribution in [-0.2, 0) is 4.79 Å². The number of likely N-dealkylation sites (tertiary alicyclic amines) is 3. The predicted molar refractivity (Wildman–Crippen MR) is 275 cm³/mol. The number of benzene rings is 2. The third-order valence-corrected chi connectivity index (χ3v) is 15.1. The second-order valence-electron chi connectivity index (χ2n) is 20.3. The number of carbonyl (C=O) groups excluding carboxylic acids is 4. The number of rotatable bonds is 20. The number of carboxylic acid groups (broad SMARTS) is 1. The number of aromatic nitrogens is 2. The summed E-state index contributed by atoms with van der Waals surface area (Å²) >= 11 is 0. The van der Waals surface area contributed by atoms with Crippen LogP contribution in [0.4, 0.5) is 5.69 Å². The molecule has 0 spiro atoms. The molecule has 2 aromatic heterocycles. The lowest BCUT2D eigenvalue weighted by molar-refractivity contribution is -0.141. The van der Waals surface area contributed by atoms with Crippen molar-refractivity contribution >= 4 is 35.3 Å². The number of amides is 4. The zero-order valence-corrected chi connectivity index (χ0v) is 41.7. The van der Waals surface area contributed by atoms with Crippen molar-refractivity contribution in [1.29, 1.82) is 0 Å². The number of hydrogen-bond donors (Lipinski definition) is 4. The van der Waals surface area contributed by atoms with Crippen molar-refractivity contribution in [3.8, 4) is 11.1 Å². The average Bonchev–Trinajstić information content (AvgIpc) is 4.21. The zero-order chi connectivity index (χ0) is 49.9. The summed E-state index contributed by atoms with van der Waals surface area (Å²) in [7, 11) is 0. The van der Waals surface area contributed by atoms with Gasteiger partial charge < -0.3 is 41.1 Å². The van der Waals surface area contributed by atoms with E-state index in [4.69, 9.17) is 10.7 Å². The average molecular weight is 968 g/mol. The number of hydrogen-bond acceptors (Lipinski definition) is 10. The molecule has 3 aliphatic heterocycles. The second kappa shape index (κ2) is 24.3. The minimum absolute atomic E-state index is 0.00105. The van der Waals surface area contributed by atoms with Gasteiger partial charge in [0.05, 0.1) is 0 Å². The third kappa shape index (κ3) is 13.0. The molecule has 4 aliphatic rings. The van der Waals surface area contributed by atoms with Crippen LogP contribution in [-0.4, -0.2) is 141 Å². The highest BCUT2D eigenvalue weighted by atomic mass is 16.4. The van der Waals surface area contributed by atoms with Crippen molar-refractivity contribution in [3.05, 3.63) is 113 Å². The van der Waals surface area contributed by atoms with Gasteiger partial charge in [-0.1, -0.05) is 68.7 Å². The van der Waals surface area contributed by atoms with Gasteiger partial charge in [0, 0.05) is 56.4 Å². The summed E-state index contributed by atoms with van der Waals surface area (Å²) in [6.45, 7) is 10.8. The number of carboxylic acids is 1.